The number of anilines is 2. The van der Waals surface area contributed by atoms with Gasteiger partial charge in [-0.1, -0.05) is 66.2 Å². The molecule has 42 heavy (non-hydrogen) atoms. The van der Waals surface area contributed by atoms with E-state index in [0.717, 1.165) is 24.4 Å². The number of esters is 1. The molecule has 0 amide bonds. The van der Waals surface area contributed by atoms with E-state index in [9.17, 15) is 17.6 Å². The van der Waals surface area contributed by atoms with Gasteiger partial charge in [-0.2, -0.15) is 4.31 Å². The number of hydrogen-bond donors (Lipinski definition) is 0. The number of likely N-dealkylation sites (N-methyl/N-ethyl adjacent to an activating group) is 1. The molecule has 0 aromatic heterocycles. The minimum atomic E-state index is -4.07. The number of sulfonamides is 1. The van der Waals surface area contributed by atoms with Crippen molar-refractivity contribution in [2.24, 2.45) is 0 Å². The molecule has 0 radical (unpaired) electrons. The van der Waals surface area contributed by atoms with Gasteiger partial charge in [-0.05, 0) is 54.4 Å². The number of nitrogens with zero attached hydrogens (tertiary/aromatic N) is 2. The summed E-state index contributed by atoms with van der Waals surface area (Å²) in [6.07, 6.45) is -0.472. The molecule has 1 aliphatic heterocycles. The summed E-state index contributed by atoms with van der Waals surface area (Å²) in [6, 6.07) is 25.5. The van der Waals surface area contributed by atoms with Crippen LogP contribution in [0.25, 0.3) is 11.1 Å². The summed E-state index contributed by atoms with van der Waals surface area (Å²) >= 11 is 6.78. The van der Waals surface area contributed by atoms with E-state index < -0.39 is 34.0 Å². The zero-order chi connectivity index (χ0) is 30.0. The molecule has 10 heteroatoms. The second kappa shape index (κ2) is 12.2. The molecule has 1 unspecified atom stereocenters. The normalized spacial score (nSPS) is 17.3. The Morgan fingerprint density at radius 2 is 1.69 bits per heavy atom. The van der Waals surface area contributed by atoms with Gasteiger partial charge in [0.05, 0.1) is 42.1 Å². The molecule has 0 N–H and O–H groups in total. The van der Waals surface area contributed by atoms with Crippen LogP contribution in [0.5, 0.6) is 0 Å². The van der Waals surface area contributed by atoms with Crippen molar-refractivity contribution in [2.45, 2.75) is 30.6 Å². The molecular formula is C32H30ClFN2O5S. The summed E-state index contributed by atoms with van der Waals surface area (Å²) in [5.41, 5.74) is 2.58. The predicted molar refractivity (Wildman–Crippen MR) is 161 cm³/mol. The second-order valence-corrected chi connectivity index (χ2v) is 12.4. The third-order valence-corrected chi connectivity index (χ3v) is 9.71. The minimum Gasteiger partial charge on any atom is -0.465 e. The number of benzene rings is 4. The van der Waals surface area contributed by atoms with E-state index in [1.807, 2.05) is 72.5 Å². The van der Waals surface area contributed by atoms with Crippen molar-refractivity contribution < 1.29 is 27.1 Å². The van der Waals surface area contributed by atoms with Crippen molar-refractivity contribution in [2.75, 3.05) is 25.6 Å². The van der Waals surface area contributed by atoms with Gasteiger partial charge >= 0.3 is 5.97 Å². The van der Waals surface area contributed by atoms with Gasteiger partial charge in [0.1, 0.15) is 10.7 Å². The van der Waals surface area contributed by atoms with Crippen LogP contribution in [0.2, 0.25) is 5.02 Å². The van der Waals surface area contributed by atoms with E-state index >= 15 is 0 Å². The molecule has 5 rings (SSSR count). The molecule has 1 aliphatic rings. The van der Waals surface area contributed by atoms with Crippen molar-refractivity contribution in [3.05, 3.63) is 113 Å². The highest BCUT2D eigenvalue weighted by atomic mass is 35.5. The van der Waals surface area contributed by atoms with Crippen LogP contribution in [0, 0.1) is 5.82 Å². The van der Waals surface area contributed by atoms with E-state index in [1.54, 1.807) is 13.1 Å². The monoisotopic (exact) mass is 608 g/mol. The topological polar surface area (TPSA) is 76.2 Å². The van der Waals surface area contributed by atoms with Crippen LogP contribution in [0.15, 0.2) is 95.9 Å². The maximum Gasteiger partial charge on any atom is 0.340 e. The molecule has 0 bridgehead atoms. The summed E-state index contributed by atoms with van der Waals surface area (Å²) in [7, 11) is -1.37. The molecule has 4 aromatic carbocycles. The molecule has 0 aliphatic carbocycles. The number of carbonyl (C=O) groups is 1. The van der Waals surface area contributed by atoms with Gasteiger partial charge in [0, 0.05) is 24.8 Å². The average molecular weight is 609 g/mol. The summed E-state index contributed by atoms with van der Waals surface area (Å²) < 4.78 is 55.1. The van der Waals surface area contributed by atoms with Gasteiger partial charge in [0.15, 0.2) is 0 Å². The Morgan fingerprint density at radius 3 is 2.36 bits per heavy atom. The lowest BCUT2D eigenvalue weighted by Crippen LogP contribution is -2.48. The minimum absolute atomic E-state index is 0.0231. The van der Waals surface area contributed by atoms with Gasteiger partial charge in [-0.15, -0.1) is 0 Å². The highest BCUT2D eigenvalue weighted by molar-refractivity contribution is 7.89. The number of hydrogen-bond acceptors (Lipinski definition) is 6. The summed E-state index contributed by atoms with van der Waals surface area (Å²) in [4.78, 5) is 14.1. The Bertz CT molecular complexity index is 1700. The molecule has 1 heterocycles. The summed E-state index contributed by atoms with van der Waals surface area (Å²) in [5, 5.41) is 0.238. The van der Waals surface area contributed by atoms with Crippen molar-refractivity contribution >= 4 is 39.0 Å². The van der Waals surface area contributed by atoms with Crippen molar-refractivity contribution in [1.29, 1.82) is 0 Å². The van der Waals surface area contributed by atoms with E-state index in [2.05, 4.69) is 0 Å². The largest absolute Gasteiger partial charge is 0.465 e. The number of fused-ring (bicyclic) bond motifs is 1. The summed E-state index contributed by atoms with van der Waals surface area (Å²) in [5.74, 6) is -1.61. The van der Waals surface area contributed by atoms with Crippen molar-refractivity contribution in [3.63, 3.8) is 0 Å². The fourth-order valence-electron chi connectivity index (χ4n) is 5.08. The van der Waals surface area contributed by atoms with Crippen LogP contribution in [-0.4, -0.2) is 51.5 Å². The first-order chi connectivity index (χ1) is 20.1. The lowest BCUT2D eigenvalue weighted by molar-refractivity contribution is 0.0147. The molecule has 4 aromatic rings. The first-order valence-corrected chi connectivity index (χ1v) is 15.1. The Balaban J connectivity index is 1.62. The van der Waals surface area contributed by atoms with Crippen molar-refractivity contribution in [3.8, 4) is 11.1 Å². The third kappa shape index (κ3) is 5.78. The number of rotatable bonds is 7. The Hall–Kier alpha value is -3.76. The smallest absolute Gasteiger partial charge is 0.340 e. The highest BCUT2D eigenvalue weighted by Gasteiger charge is 2.40. The molecule has 0 spiro atoms. The van der Waals surface area contributed by atoms with Crippen LogP contribution in [0.1, 0.15) is 22.8 Å². The Labute approximate surface area is 250 Å². The Morgan fingerprint density at radius 1 is 1.02 bits per heavy atom. The lowest BCUT2D eigenvalue weighted by Gasteiger charge is -2.33. The standard InChI is InChI=1S/C32H30ClFN2O5S/c1-21(41-20-22-10-6-4-7-11-22)30-19-36(24-12-8-5-9-13-24)29-18-27(33)25(17-31(29)42(38,39)35(30)2)23-14-15-28(34)26(16-23)32(37)40-3/h4-18,21,30H,19-20H2,1-3H3/t21?,30-/m0/s1. The van der Waals surface area contributed by atoms with Crippen molar-refractivity contribution in [1.82, 2.24) is 4.31 Å². The fraction of sp³-hybridized carbons (Fsp3) is 0.219. The SMILES string of the molecule is COC(=O)c1cc(-c2cc3c(cc2Cl)N(c2ccccc2)C[C@@H](C(C)OCc2ccccc2)N(C)S3(=O)=O)ccc1F. The highest BCUT2D eigenvalue weighted by Crippen LogP contribution is 2.43. The zero-order valence-corrected chi connectivity index (χ0v) is 24.9. The van der Waals surface area contributed by atoms with Gasteiger partial charge in [-0.25, -0.2) is 17.6 Å². The number of carbonyl (C=O) groups excluding carboxylic acids is 1. The Kier molecular flexibility index (Phi) is 8.65. The second-order valence-electron chi connectivity index (χ2n) is 10.0. The quantitative estimate of drug-likeness (QED) is 0.218. The fourth-order valence-corrected chi connectivity index (χ4v) is 6.96. The molecule has 0 saturated carbocycles. The number of halogens is 2. The molecule has 2 atom stereocenters. The van der Waals surface area contributed by atoms with Crippen LogP contribution in [0.4, 0.5) is 15.8 Å². The zero-order valence-electron chi connectivity index (χ0n) is 23.3. The molecule has 0 saturated heterocycles. The van der Waals surface area contributed by atoms with E-state index in [1.165, 1.54) is 22.5 Å². The van der Waals surface area contributed by atoms with Crippen LogP contribution >= 0.6 is 11.6 Å². The third-order valence-electron chi connectivity index (χ3n) is 7.48. The average Bonchev–Trinajstić information content (AvgIpc) is 3.08. The molecular weight excluding hydrogens is 579 g/mol. The number of ether oxygens (including phenoxy) is 2. The molecule has 0 fully saturated rings. The number of methoxy groups -OCH3 is 1. The summed E-state index contributed by atoms with van der Waals surface area (Å²) in [6.45, 7) is 2.49. The van der Waals surface area contributed by atoms with Gasteiger partial charge < -0.3 is 14.4 Å². The predicted octanol–water partition coefficient (Wildman–Crippen LogP) is 6.68. The molecule has 7 nitrogen and oxygen atoms in total. The first-order valence-electron chi connectivity index (χ1n) is 13.3. The van der Waals surface area contributed by atoms with E-state index in [0.29, 0.717) is 30.0 Å². The molecule has 218 valence electrons. The first kappa shape index (κ1) is 29.7. The maximum absolute atomic E-state index is 14.4. The van der Waals surface area contributed by atoms with E-state index in [-0.39, 0.29) is 15.5 Å². The number of para-hydroxylation sites is 1. The van der Waals surface area contributed by atoms with Gasteiger partial charge in [0.25, 0.3) is 0 Å². The lowest BCUT2D eigenvalue weighted by atomic mass is 10.0. The van der Waals surface area contributed by atoms with E-state index in [4.69, 9.17) is 21.1 Å². The van der Waals surface area contributed by atoms with Crippen LogP contribution < -0.4 is 4.90 Å². The van der Waals surface area contributed by atoms with Crippen LogP contribution in [-0.2, 0) is 26.1 Å². The van der Waals surface area contributed by atoms with Gasteiger partial charge in [-0.3, -0.25) is 0 Å². The maximum atomic E-state index is 14.4. The van der Waals surface area contributed by atoms with Crippen LogP contribution in [0.3, 0.4) is 0 Å². The van der Waals surface area contributed by atoms with Gasteiger partial charge in [0.2, 0.25) is 10.0 Å².